The Hall–Kier alpha value is -3.23. The minimum absolute atomic E-state index is 0.0228. The fourth-order valence-corrected chi connectivity index (χ4v) is 4.66. The fraction of sp³-hybridized carbons (Fsp3) is 0.478. The summed E-state index contributed by atoms with van der Waals surface area (Å²) in [6.45, 7) is 4.05. The van der Waals surface area contributed by atoms with E-state index in [1.54, 1.807) is 29.7 Å². The summed E-state index contributed by atoms with van der Waals surface area (Å²) in [4.78, 5) is 45.0. The minimum Gasteiger partial charge on any atom is -0.351 e. The molecule has 0 radical (unpaired) electrons. The third-order valence-corrected chi connectivity index (χ3v) is 6.47. The zero-order chi connectivity index (χ0) is 22.9. The number of benzene rings is 1. The summed E-state index contributed by atoms with van der Waals surface area (Å²) in [5.74, 6) is -1.59. The Bertz CT molecular complexity index is 1050. The van der Waals surface area contributed by atoms with Gasteiger partial charge in [0.1, 0.15) is 17.1 Å². The van der Waals surface area contributed by atoms with Crippen molar-refractivity contribution in [2.75, 3.05) is 6.54 Å². The number of hydrogen-bond donors (Lipinski definition) is 2. The summed E-state index contributed by atoms with van der Waals surface area (Å²) in [6.07, 6.45) is 5.50. The van der Waals surface area contributed by atoms with Crippen LogP contribution in [0.25, 0.3) is 0 Å². The molecule has 0 bridgehead atoms. The van der Waals surface area contributed by atoms with Gasteiger partial charge in [-0.1, -0.05) is 31.0 Å². The molecule has 0 spiro atoms. The highest BCUT2D eigenvalue weighted by molar-refractivity contribution is 6.07. The number of aromatic nitrogens is 2. The van der Waals surface area contributed by atoms with Gasteiger partial charge >= 0.3 is 0 Å². The summed E-state index contributed by atoms with van der Waals surface area (Å²) in [7, 11) is 0. The summed E-state index contributed by atoms with van der Waals surface area (Å²) in [5.41, 5.74) is -0.623. The molecule has 2 aromatic rings. The van der Waals surface area contributed by atoms with Crippen molar-refractivity contribution in [2.45, 2.75) is 64.2 Å². The molecule has 1 saturated carbocycles. The molecule has 1 atom stereocenters. The Kier molecular flexibility index (Phi) is 5.99. The molecule has 8 nitrogen and oxygen atoms in total. The summed E-state index contributed by atoms with van der Waals surface area (Å²) in [6, 6.07) is 6.29. The van der Waals surface area contributed by atoms with E-state index in [0.29, 0.717) is 12.1 Å². The van der Waals surface area contributed by atoms with Gasteiger partial charge in [-0.2, -0.15) is 0 Å². The van der Waals surface area contributed by atoms with Crippen molar-refractivity contribution in [1.29, 1.82) is 0 Å². The van der Waals surface area contributed by atoms with Crippen LogP contribution in [0.3, 0.4) is 0 Å². The number of imidazole rings is 1. The smallest absolute Gasteiger partial charge is 0.273 e. The van der Waals surface area contributed by atoms with Gasteiger partial charge in [-0.15, -0.1) is 0 Å². The van der Waals surface area contributed by atoms with Crippen molar-refractivity contribution < 1.29 is 18.8 Å². The predicted molar refractivity (Wildman–Crippen MR) is 115 cm³/mol. The Morgan fingerprint density at radius 2 is 1.97 bits per heavy atom. The number of nitrogens with one attached hydrogen (secondary N) is 2. The van der Waals surface area contributed by atoms with Crippen molar-refractivity contribution >= 4 is 17.7 Å². The molecule has 32 heavy (non-hydrogen) atoms. The number of hydrogen-bond acceptors (Lipinski definition) is 4. The summed E-state index contributed by atoms with van der Waals surface area (Å²) >= 11 is 0. The Labute approximate surface area is 186 Å². The van der Waals surface area contributed by atoms with Crippen LogP contribution in [0, 0.1) is 5.82 Å². The first-order valence-electron chi connectivity index (χ1n) is 11.0. The van der Waals surface area contributed by atoms with E-state index in [1.165, 1.54) is 17.3 Å². The van der Waals surface area contributed by atoms with E-state index in [9.17, 15) is 18.8 Å². The SMILES string of the molecule is CCN1C(=O)c2c(C(=O)NCc3ccccc3F)ncn2CC1(C)C(=O)NC1CCCC1. The normalized spacial score (nSPS) is 20.8. The zero-order valence-electron chi connectivity index (χ0n) is 18.4. The van der Waals surface area contributed by atoms with Gasteiger partial charge < -0.3 is 20.1 Å². The van der Waals surface area contributed by atoms with Crippen LogP contribution >= 0.6 is 0 Å². The average Bonchev–Trinajstić information content (AvgIpc) is 3.43. The molecule has 1 unspecified atom stereocenters. The van der Waals surface area contributed by atoms with Crippen LogP contribution in [0.15, 0.2) is 30.6 Å². The lowest BCUT2D eigenvalue weighted by atomic mass is 9.94. The van der Waals surface area contributed by atoms with Crippen LogP contribution in [0.1, 0.15) is 66.1 Å². The second kappa shape index (κ2) is 8.72. The standard InChI is InChI=1S/C23H28FN5O3/c1-3-29-21(31)19-18(20(30)25-12-15-8-4-7-11-17(15)24)26-14-28(19)13-23(29,2)22(32)27-16-9-5-6-10-16/h4,7-8,11,14,16H,3,5-6,9-10,12-13H2,1-2H3,(H,25,30)(H,27,32). The quantitative estimate of drug-likeness (QED) is 0.719. The number of carbonyl (C=O) groups is 3. The van der Waals surface area contributed by atoms with E-state index in [2.05, 4.69) is 15.6 Å². The number of nitrogens with zero attached hydrogens (tertiary/aromatic N) is 3. The lowest BCUT2D eigenvalue weighted by molar-refractivity contribution is -0.133. The summed E-state index contributed by atoms with van der Waals surface area (Å²) < 4.78 is 15.4. The largest absolute Gasteiger partial charge is 0.351 e. The maximum atomic E-state index is 13.9. The first kappa shape index (κ1) is 22.0. The monoisotopic (exact) mass is 441 g/mol. The number of likely N-dealkylation sites (N-methyl/N-ethyl adjacent to an activating group) is 1. The molecule has 2 N–H and O–H groups in total. The molecule has 0 saturated heterocycles. The molecular formula is C23H28FN5O3. The van der Waals surface area contributed by atoms with Crippen molar-refractivity contribution in [1.82, 2.24) is 25.1 Å². The Balaban J connectivity index is 1.55. The molecule has 1 aromatic carbocycles. The van der Waals surface area contributed by atoms with Gasteiger partial charge in [-0.05, 0) is 32.8 Å². The molecule has 1 fully saturated rings. The number of carbonyl (C=O) groups excluding carboxylic acids is 3. The van der Waals surface area contributed by atoms with Crippen LogP contribution in [-0.2, 0) is 17.9 Å². The third kappa shape index (κ3) is 3.87. The average molecular weight is 442 g/mol. The lowest BCUT2D eigenvalue weighted by Crippen LogP contribution is -2.64. The van der Waals surface area contributed by atoms with Gasteiger partial charge in [0, 0.05) is 24.7 Å². The fourth-order valence-electron chi connectivity index (χ4n) is 4.66. The first-order valence-corrected chi connectivity index (χ1v) is 11.0. The maximum absolute atomic E-state index is 13.9. The van der Waals surface area contributed by atoms with E-state index >= 15 is 0 Å². The van der Waals surface area contributed by atoms with Gasteiger partial charge in [0.2, 0.25) is 5.91 Å². The highest BCUT2D eigenvalue weighted by atomic mass is 19.1. The van der Waals surface area contributed by atoms with Gasteiger partial charge in [0.05, 0.1) is 12.9 Å². The molecule has 4 rings (SSSR count). The van der Waals surface area contributed by atoms with Gasteiger partial charge in [-0.3, -0.25) is 14.4 Å². The van der Waals surface area contributed by atoms with Crippen LogP contribution in [0.5, 0.6) is 0 Å². The first-order chi connectivity index (χ1) is 15.3. The highest BCUT2D eigenvalue weighted by Crippen LogP contribution is 2.29. The van der Waals surface area contributed by atoms with Gasteiger partial charge in [-0.25, -0.2) is 9.37 Å². The Morgan fingerprint density at radius 1 is 1.25 bits per heavy atom. The second-order valence-corrected chi connectivity index (χ2v) is 8.62. The van der Waals surface area contributed by atoms with E-state index in [-0.39, 0.29) is 36.4 Å². The number of halogens is 1. The number of rotatable bonds is 6. The van der Waals surface area contributed by atoms with E-state index in [1.807, 2.05) is 6.92 Å². The number of amides is 3. The molecule has 3 amide bonds. The van der Waals surface area contributed by atoms with Crippen molar-refractivity contribution in [3.8, 4) is 0 Å². The molecule has 170 valence electrons. The molecule has 1 aliphatic heterocycles. The minimum atomic E-state index is -1.08. The van der Waals surface area contributed by atoms with Gasteiger partial charge in [0.25, 0.3) is 11.8 Å². The highest BCUT2D eigenvalue weighted by Gasteiger charge is 2.48. The topological polar surface area (TPSA) is 96.3 Å². The van der Waals surface area contributed by atoms with E-state index in [4.69, 9.17) is 0 Å². The summed E-state index contributed by atoms with van der Waals surface area (Å²) in [5, 5.41) is 5.73. The molecule has 9 heteroatoms. The van der Waals surface area contributed by atoms with E-state index in [0.717, 1.165) is 25.7 Å². The lowest BCUT2D eigenvalue weighted by Gasteiger charge is -2.43. The molecule has 1 aromatic heterocycles. The van der Waals surface area contributed by atoms with Crippen molar-refractivity contribution in [3.63, 3.8) is 0 Å². The van der Waals surface area contributed by atoms with Crippen LogP contribution < -0.4 is 10.6 Å². The second-order valence-electron chi connectivity index (χ2n) is 8.62. The zero-order valence-corrected chi connectivity index (χ0v) is 18.4. The Morgan fingerprint density at radius 3 is 2.66 bits per heavy atom. The molecule has 2 heterocycles. The van der Waals surface area contributed by atoms with Crippen molar-refractivity contribution in [3.05, 3.63) is 53.4 Å². The van der Waals surface area contributed by atoms with Crippen LogP contribution in [-0.4, -0.2) is 50.3 Å². The molecule has 1 aliphatic carbocycles. The third-order valence-electron chi connectivity index (χ3n) is 6.47. The maximum Gasteiger partial charge on any atom is 0.273 e. The van der Waals surface area contributed by atoms with Gasteiger partial charge in [0.15, 0.2) is 5.69 Å². The van der Waals surface area contributed by atoms with E-state index < -0.39 is 23.2 Å². The predicted octanol–water partition coefficient (Wildman–Crippen LogP) is 2.25. The van der Waals surface area contributed by atoms with Crippen LogP contribution in [0.2, 0.25) is 0 Å². The molecular weight excluding hydrogens is 413 g/mol. The van der Waals surface area contributed by atoms with Crippen LogP contribution in [0.4, 0.5) is 4.39 Å². The molecule has 2 aliphatic rings. The number of fused-ring (bicyclic) bond motifs is 1. The van der Waals surface area contributed by atoms with Crippen molar-refractivity contribution in [2.24, 2.45) is 0 Å².